The van der Waals surface area contributed by atoms with Crippen molar-refractivity contribution in [3.05, 3.63) is 93.1 Å². The first-order valence-corrected chi connectivity index (χ1v) is 10.5. The third-order valence-electron chi connectivity index (χ3n) is 6.30. The number of allylic oxidation sites excluding steroid dienone is 1. The van der Waals surface area contributed by atoms with E-state index in [9.17, 15) is 26.3 Å². The van der Waals surface area contributed by atoms with Crippen molar-refractivity contribution in [2.75, 3.05) is 6.54 Å². The smallest absolute Gasteiger partial charge is 0.138 e. The Morgan fingerprint density at radius 3 is 1.77 bits per heavy atom. The number of fused-ring (bicyclic) bond motifs is 7. The fourth-order valence-electron chi connectivity index (χ4n) is 4.95. The molecule has 35 heavy (non-hydrogen) atoms. The normalized spacial score (nSPS) is 12.9. The van der Waals surface area contributed by atoms with Gasteiger partial charge < -0.3 is 0 Å². The number of nitriles is 5. The van der Waals surface area contributed by atoms with Gasteiger partial charge in [-0.15, -0.1) is 0 Å². The van der Waals surface area contributed by atoms with E-state index >= 15 is 0 Å². The van der Waals surface area contributed by atoms with Crippen molar-refractivity contribution in [3.8, 4) is 52.6 Å². The summed E-state index contributed by atoms with van der Waals surface area (Å²) in [7, 11) is 0. The van der Waals surface area contributed by atoms with Crippen molar-refractivity contribution in [2.45, 2.75) is 0 Å². The lowest BCUT2D eigenvalue weighted by Crippen LogP contribution is -1.96. The van der Waals surface area contributed by atoms with Gasteiger partial charge in [0.25, 0.3) is 0 Å². The van der Waals surface area contributed by atoms with E-state index in [1.165, 1.54) is 0 Å². The summed E-state index contributed by atoms with van der Waals surface area (Å²) < 4.78 is 0. The minimum atomic E-state index is -0.0317. The Labute approximate surface area is 201 Å². The number of hydrogen-bond acceptors (Lipinski definition) is 6. The highest BCUT2D eigenvalue weighted by Crippen LogP contribution is 2.56. The van der Waals surface area contributed by atoms with Gasteiger partial charge in [0, 0.05) is 11.1 Å². The number of rotatable bonds is 2. The maximum atomic E-state index is 10.0. The third kappa shape index (κ3) is 2.88. The van der Waals surface area contributed by atoms with Gasteiger partial charge in [-0.3, -0.25) is 4.99 Å². The highest BCUT2D eigenvalue weighted by molar-refractivity contribution is 6.15. The Morgan fingerprint density at radius 2 is 1.20 bits per heavy atom. The number of aliphatic imine (C=N–C) groups is 1. The zero-order valence-electron chi connectivity index (χ0n) is 18.2. The molecule has 5 rings (SSSR count). The Hall–Kier alpha value is -5.74. The Bertz CT molecular complexity index is 1770. The Morgan fingerprint density at radius 1 is 0.629 bits per heavy atom. The van der Waals surface area contributed by atoms with Crippen molar-refractivity contribution in [3.63, 3.8) is 0 Å². The first-order chi connectivity index (χ1) is 17.1. The lowest BCUT2D eigenvalue weighted by Gasteiger charge is -2.12. The van der Waals surface area contributed by atoms with Crippen LogP contribution in [0.2, 0.25) is 0 Å². The molecule has 0 radical (unpaired) electrons. The van der Waals surface area contributed by atoms with Crippen LogP contribution < -0.4 is 0 Å². The van der Waals surface area contributed by atoms with Gasteiger partial charge in [0.15, 0.2) is 0 Å². The van der Waals surface area contributed by atoms with Crippen LogP contribution in [0.5, 0.6) is 0 Å². The molecule has 2 aliphatic rings. The van der Waals surface area contributed by atoms with E-state index in [0.717, 1.165) is 27.8 Å². The molecule has 0 saturated heterocycles. The van der Waals surface area contributed by atoms with Crippen LogP contribution in [0, 0.1) is 56.7 Å². The molecule has 0 amide bonds. The monoisotopic (exact) mass is 444 g/mol. The van der Waals surface area contributed by atoms with Crippen LogP contribution in [0.1, 0.15) is 33.4 Å². The summed E-state index contributed by atoms with van der Waals surface area (Å²) in [6.45, 7) is 3.65. The molecule has 0 spiro atoms. The van der Waals surface area contributed by atoms with E-state index in [2.05, 4.69) is 29.9 Å². The van der Waals surface area contributed by atoms with Crippen molar-refractivity contribution >= 4 is 17.9 Å². The zero-order valence-corrected chi connectivity index (χ0v) is 18.2. The standard InChI is InChI=1S/C29H12N6/c1-35-15-19(14-34)27-20-4-2-16(10-30)8-24(20)21-6-7-23-26(18(12-32)13-33)22-5-3-17(11-31)9-25(22)28(23)29(21)27/h2-9H,1,15H2/b27-19-. The zero-order chi connectivity index (χ0) is 24.7. The van der Waals surface area contributed by atoms with E-state index in [1.807, 2.05) is 30.3 Å². The molecule has 6 heteroatoms. The van der Waals surface area contributed by atoms with Gasteiger partial charge in [-0.25, -0.2) is 0 Å². The molecule has 2 aliphatic carbocycles. The lowest BCUT2D eigenvalue weighted by atomic mass is 9.90. The Kier molecular flexibility index (Phi) is 4.82. The second-order valence-electron chi connectivity index (χ2n) is 7.98. The number of nitrogens with zero attached hydrogens (tertiary/aromatic N) is 6. The summed E-state index contributed by atoms with van der Waals surface area (Å²) in [6, 6.07) is 24.8. The van der Waals surface area contributed by atoms with E-state index in [4.69, 9.17) is 0 Å². The first kappa shape index (κ1) is 21.1. The molecule has 3 aromatic carbocycles. The molecule has 0 unspecified atom stereocenters. The van der Waals surface area contributed by atoms with Gasteiger partial charge >= 0.3 is 0 Å². The summed E-state index contributed by atoms with van der Waals surface area (Å²) in [5.74, 6) is 0. The predicted octanol–water partition coefficient (Wildman–Crippen LogP) is 5.27. The second-order valence-corrected chi connectivity index (χ2v) is 7.98. The molecule has 0 saturated carbocycles. The minimum Gasteiger partial charge on any atom is -0.295 e. The van der Waals surface area contributed by atoms with Crippen LogP contribution in [0.3, 0.4) is 0 Å². The van der Waals surface area contributed by atoms with E-state index in [-0.39, 0.29) is 12.1 Å². The van der Waals surface area contributed by atoms with Crippen molar-refractivity contribution in [1.29, 1.82) is 26.3 Å². The molecule has 0 atom stereocenters. The van der Waals surface area contributed by atoms with Gasteiger partial charge in [-0.05, 0) is 75.5 Å². The van der Waals surface area contributed by atoms with Crippen LogP contribution in [0.15, 0.2) is 64.7 Å². The van der Waals surface area contributed by atoms with E-state index < -0.39 is 0 Å². The predicted molar refractivity (Wildman–Crippen MR) is 130 cm³/mol. The summed E-state index contributed by atoms with van der Waals surface area (Å²) >= 11 is 0. The lowest BCUT2D eigenvalue weighted by molar-refractivity contribution is 1.20. The van der Waals surface area contributed by atoms with Crippen molar-refractivity contribution in [2.24, 2.45) is 4.99 Å². The van der Waals surface area contributed by atoms with Gasteiger partial charge in [-0.2, -0.15) is 26.3 Å². The van der Waals surface area contributed by atoms with Gasteiger partial charge in [-0.1, -0.05) is 24.3 Å². The first-order valence-electron chi connectivity index (χ1n) is 10.5. The third-order valence-corrected chi connectivity index (χ3v) is 6.30. The molecule has 6 nitrogen and oxygen atoms in total. The van der Waals surface area contributed by atoms with E-state index in [1.54, 1.807) is 30.3 Å². The topological polar surface area (TPSA) is 131 Å². The molecular weight excluding hydrogens is 432 g/mol. The maximum absolute atomic E-state index is 10.0. The number of hydrogen-bond donors (Lipinski definition) is 0. The van der Waals surface area contributed by atoms with E-state index in [0.29, 0.717) is 44.5 Å². The van der Waals surface area contributed by atoms with Crippen LogP contribution in [0.25, 0.3) is 33.4 Å². The van der Waals surface area contributed by atoms with Crippen LogP contribution >= 0.6 is 0 Å². The maximum Gasteiger partial charge on any atom is 0.138 e. The van der Waals surface area contributed by atoms with Crippen molar-refractivity contribution < 1.29 is 0 Å². The van der Waals surface area contributed by atoms with Gasteiger partial charge in [0.05, 0.1) is 41.5 Å². The average molecular weight is 444 g/mol. The summed E-state index contributed by atoms with van der Waals surface area (Å²) in [6.07, 6.45) is 0. The fourth-order valence-corrected chi connectivity index (χ4v) is 4.95. The highest BCUT2D eigenvalue weighted by Gasteiger charge is 2.36. The van der Waals surface area contributed by atoms with Crippen molar-refractivity contribution in [1.82, 2.24) is 0 Å². The molecule has 3 aromatic rings. The van der Waals surface area contributed by atoms with Crippen LogP contribution in [-0.4, -0.2) is 13.3 Å². The van der Waals surface area contributed by atoms with Gasteiger partial charge in [0.1, 0.15) is 17.7 Å². The number of benzene rings is 3. The largest absolute Gasteiger partial charge is 0.295 e. The summed E-state index contributed by atoms with van der Waals surface area (Å²) in [4.78, 5) is 3.94. The molecule has 0 aromatic heterocycles. The Balaban J connectivity index is 2.01. The fraction of sp³-hybridized carbons (Fsp3) is 0.0345. The van der Waals surface area contributed by atoms with Crippen LogP contribution in [-0.2, 0) is 0 Å². The van der Waals surface area contributed by atoms with Gasteiger partial charge in [0.2, 0.25) is 0 Å². The SMILES string of the molecule is C=NC/C(C#N)=C1/c2ccc(C#N)cc2-c2ccc3c(c21)-c1cc(C#N)ccc1C3=C(C#N)C#N. The van der Waals surface area contributed by atoms with Crippen LogP contribution in [0.4, 0.5) is 0 Å². The molecular formula is C29H12N6. The average Bonchev–Trinajstić information content (AvgIpc) is 3.40. The summed E-state index contributed by atoms with van der Waals surface area (Å²) in [5, 5.41) is 48.5. The molecule has 0 aliphatic heterocycles. The highest BCUT2D eigenvalue weighted by atomic mass is 14.7. The molecule has 158 valence electrons. The quantitative estimate of drug-likeness (QED) is 0.270. The molecule has 0 bridgehead atoms. The molecule has 0 N–H and O–H groups in total. The summed E-state index contributed by atoms with van der Waals surface area (Å²) in [5.41, 5.74) is 8.49. The minimum absolute atomic E-state index is 0.0317. The molecule has 0 heterocycles. The second kappa shape index (κ2) is 7.99. The molecule has 0 fully saturated rings.